The van der Waals surface area contributed by atoms with Crippen LogP contribution in [0.2, 0.25) is 0 Å². The van der Waals surface area contributed by atoms with E-state index in [2.05, 4.69) is 239 Å². The van der Waals surface area contributed by atoms with E-state index in [1.165, 1.54) is 5.92 Å². The molecule has 15 heteroatoms. The summed E-state index contributed by atoms with van der Waals surface area (Å²) < 4.78 is -3.11. The summed E-state index contributed by atoms with van der Waals surface area (Å²) in [6, 6.07) is 0. The predicted molar refractivity (Wildman–Crippen MR) is 167 cm³/mol. The van der Waals surface area contributed by atoms with Crippen LogP contribution in [0.1, 0.15) is 19.3 Å². The minimum absolute atomic E-state index is 0.490. The first-order chi connectivity index (χ1) is 10.5. The number of hydrogen-bond donors (Lipinski definition) is 0. The van der Waals surface area contributed by atoms with Crippen LogP contribution >= 0.6 is 239 Å². The van der Waals surface area contributed by atoms with Crippen LogP contribution < -0.4 is 0 Å². The number of alkyl halides is 15. The standard InChI is InChI=1S/C10H6Br15/c11-5(12,8(17,18)19)1-4(2-6(13,14)9(20,21)22)3-7(15,16)10(23,24)25/h1-3H2. The van der Waals surface area contributed by atoms with Gasteiger partial charge in [-0.05, 0) is 25.2 Å². The van der Waals surface area contributed by atoms with Crippen molar-refractivity contribution in [2.75, 3.05) is 0 Å². The maximum atomic E-state index is 3.74. The summed E-state index contributed by atoms with van der Waals surface area (Å²) in [6.45, 7) is 0. The van der Waals surface area contributed by atoms with Crippen molar-refractivity contribution in [3.63, 3.8) is 0 Å². The van der Waals surface area contributed by atoms with Crippen molar-refractivity contribution in [2.24, 2.45) is 0 Å². The minimum atomic E-state index is -0.545. The van der Waals surface area contributed by atoms with E-state index in [9.17, 15) is 0 Å². The summed E-state index contributed by atoms with van der Waals surface area (Å²) in [5, 5.41) is 0. The van der Waals surface area contributed by atoms with Gasteiger partial charge in [-0.25, -0.2) is 0 Å². The highest BCUT2D eigenvalue weighted by atomic mass is 80.0. The van der Waals surface area contributed by atoms with E-state index >= 15 is 0 Å². The molecule has 0 spiro atoms. The van der Waals surface area contributed by atoms with Gasteiger partial charge in [0.1, 0.15) is 9.70 Å². The van der Waals surface area contributed by atoms with Crippen LogP contribution in [0.4, 0.5) is 0 Å². The van der Waals surface area contributed by atoms with Gasteiger partial charge >= 0.3 is 0 Å². The Bertz CT molecular complexity index is 370. The van der Waals surface area contributed by atoms with Gasteiger partial charge in [-0.2, -0.15) is 0 Å². The molecule has 0 aromatic rings. The third-order valence-corrected chi connectivity index (χ3v) is 23.6. The van der Waals surface area contributed by atoms with E-state index in [4.69, 9.17) is 0 Å². The Morgan fingerprint density at radius 3 is 0.640 bits per heavy atom. The predicted octanol–water partition coefficient (Wildman–Crippen LogP) is 12.7. The normalized spacial score (nSPS) is 15.8. The summed E-state index contributed by atoms with van der Waals surface area (Å²) in [6.07, 6.45) is 2.04. The second-order valence-corrected chi connectivity index (χ2v) is 36.5. The SMILES string of the molecule is BrC(Br)(Br)C(Br)(Br)C[C](CC(Br)(Br)C(Br)(Br)Br)CC(Br)(Br)C(Br)(Br)Br. The van der Waals surface area contributed by atoms with Crippen LogP contribution in [0.15, 0.2) is 0 Å². The molecule has 0 atom stereocenters. The summed E-state index contributed by atoms with van der Waals surface area (Å²) in [5.74, 6) is 1.21. The second kappa shape index (κ2) is 11.8. The van der Waals surface area contributed by atoms with Crippen molar-refractivity contribution >= 4 is 239 Å². The van der Waals surface area contributed by atoms with Crippen LogP contribution in [0.25, 0.3) is 0 Å². The van der Waals surface area contributed by atoms with Crippen LogP contribution in [-0.4, -0.2) is 16.1 Å². The van der Waals surface area contributed by atoms with Crippen molar-refractivity contribution in [2.45, 2.75) is 35.4 Å². The van der Waals surface area contributed by atoms with E-state index in [0.29, 0.717) is 19.3 Å². The largest absolute Gasteiger partial charge is 0.159 e. The molecule has 151 valence electrons. The van der Waals surface area contributed by atoms with E-state index in [1.54, 1.807) is 0 Å². The van der Waals surface area contributed by atoms with Gasteiger partial charge in [0.05, 0.1) is 0 Å². The molecule has 0 aromatic heterocycles. The summed E-state index contributed by atoms with van der Waals surface area (Å²) in [7, 11) is 0. The quantitative estimate of drug-likeness (QED) is 0.233. The fourth-order valence-electron chi connectivity index (χ4n) is 1.43. The molecule has 0 aliphatic heterocycles. The summed E-state index contributed by atoms with van der Waals surface area (Å²) >= 11 is 54.8. The third kappa shape index (κ3) is 11.0. The van der Waals surface area contributed by atoms with E-state index < -0.39 is 16.1 Å². The highest BCUT2D eigenvalue weighted by molar-refractivity contribution is 9.42. The Kier molecular flexibility index (Phi) is 15.1. The lowest BCUT2D eigenvalue weighted by Crippen LogP contribution is -2.38. The molecular formula is C10H6Br15. The lowest BCUT2D eigenvalue weighted by atomic mass is 9.93. The molecule has 0 fully saturated rings. The van der Waals surface area contributed by atoms with Crippen LogP contribution in [0.3, 0.4) is 0 Å². The smallest absolute Gasteiger partial charge is 0.0692 e. The zero-order valence-corrected chi connectivity index (χ0v) is 35.1. The fraction of sp³-hybridized carbons (Fsp3) is 0.900. The Morgan fingerprint density at radius 2 is 0.520 bits per heavy atom. The summed E-state index contributed by atoms with van der Waals surface area (Å²) in [5.41, 5.74) is 0. The van der Waals surface area contributed by atoms with Gasteiger partial charge in [0.25, 0.3) is 0 Å². The molecule has 0 amide bonds. The number of rotatable bonds is 6. The molecule has 0 nitrogen and oxygen atoms in total. The maximum Gasteiger partial charge on any atom is 0.159 e. The molecule has 0 unspecified atom stereocenters. The third-order valence-electron chi connectivity index (χ3n) is 2.66. The van der Waals surface area contributed by atoms with Gasteiger partial charge in [-0.3, -0.25) is 0 Å². The van der Waals surface area contributed by atoms with Gasteiger partial charge in [0, 0.05) is 0 Å². The molecule has 0 heterocycles. The Morgan fingerprint density at radius 1 is 0.360 bits per heavy atom. The van der Waals surface area contributed by atoms with Crippen LogP contribution in [0, 0.1) is 5.92 Å². The van der Waals surface area contributed by atoms with Gasteiger partial charge in [-0.15, -0.1) is 0 Å². The van der Waals surface area contributed by atoms with Gasteiger partial charge in [0.15, 0.2) is 6.43 Å². The Balaban J connectivity index is 5.70. The number of halogens is 15. The number of hydrogen-bond acceptors (Lipinski definition) is 0. The topological polar surface area (TPSA) is 0 Å². The molecule has 0 N–H and O–H groups in total. The molecule has 1 radical (unpaired) electrons. The van der Waals surface area contributed by atoms with E-state index in [0.717, 1.165) is 0 Å². The van der Waals surface area contributed by atoms with Crippen molar-refractivity contribution in [3.8, 4) is 0 Å². The van der Waals surface area contributed by atoms with Gasteiger partial charge in [0.2, 0.25) is 0 Å². The van der Waals surface area contributed by atoms with Gasteiger partial charge in [-0.1, -0.05) is 239 Å². The Labute approximate surface area is 274 Å². The molecule has 0 rings (SSSR count). The molecule has 0 aromatic carbocycles. The maximum absolute atomic E-state index is 3.74. The first kappa shape index (κ1) is 32.2. The van der Waals surface area contributed by atoms with Crippen molar-refractivity contribution in [3.05, 3.63) is 5.92 Å². The minimum Gasteiger partial charge on any atom is -0.0692 e. The van der Waals surface area contributed by atoms with E-state index in [1.807, 2.05) is 0 Å². The van der Waals surface area contributed by atoms with Crippen molar-refractivity contribution in [1.29, 1.82) is 0 Å². The zero-order valence-electron chi connectivity index (χ0n) is 11.3. The molecule has 0 saturated heterocycles. The Hall–Kier alpha value is 7.20. The monoisotopic (exact) mass is 1310 g/mol. The highest BCUT2D eigenvalue weighted by Crippen LogP contribution is 2.63. The zero-order chi connectivity index (χ0) is 20.7. The van der Waals surface area contributed by atoms with Crippen LogP contribution in [0.5, 0.6) is 0 Å². The van der Waals surface area contributed by atoms with Crippen molar-refractivity contribution < 1.29 is 0 Å². The molecule has 0 saturated carbocycles. The lowest BCUT2D eigenvalue weighted by molar-refractivity contribution is 0.608. The van der Waals surface area contributed by atoms with E-state index in [-0.39, 0.29) is 0 Å². The first-order valence-corrected chi connectivity index (χ1v) is 17.6. The fourth-order valence-corrected chi connectivity index (χ4v) is 5.07. The molecule has 0 aliphatic carbocycles. The molecular weight excluding hydrogens is 1320 g/mol. The second-order valence-electron chi connectivity index (χ2n) is 4.89. The molecule has 25 heavy (non-hydrogen) atoms. The molecule has 0 aliphatic rings. The first-order valence-electron chi connectivity index (χ1n) is 5.71. The average molecular weight is 1320 g/mol. The average Bonchev–Trinajstić information content (AvgIpc) is 2.21. The molecule has 0 bridgehead atoms. The summed E-state index contributed by atoms with van der Waals surface area (Å²) in [4.78, 5) is 0. The van der Waals surface area contributed by atoms with Crippen LogP contribution in [-0.2, 0) is 0 Å². The van der Waals surface area contributed by atoms with Gasteiger partial charge < -0.3 is 0 Å². The highest BCUT2D eigenvalue weighted by Gasteiger charge is 2.52. The van der Waals surface area contributed by atoms with Crippen molar-refractivity contribution in [1.82, 2.24) is 0 Å². The lowest BCUT2D eigenvalue weighted by Gasteiger charge is -2.40.